The number of benzene rings is 2. The van der Waals surface area contributed by atoms with Crippen LogP contribution in [-0.4, -0.2) is 16.7 Å². The summed E-state index contributed by atoms with van der Waals surface area (Å²) in [5, 5.41) is 0. The van der Waals surface area contributed by atoms with Gasteiger partial charge in [0.1, 0.15) is 0 Å². The van der Waals surface area contributed by atoms with E-state index in [0.717, 1.165) is 10.0 Å². The highest BCUT2D eigenvalue weighted by Gasteiger charge is 2.35. The maximum atomic E-state index is 12.2. The second-order valence-corrected chi connectivity index (χ2v) is 5.50. The lowest BCUT2D eigenvalue weighted by Crippen LogP contribution is -2.29. The number of hydrogen-bond acceptors (Lipinski definition) is 3. The number of carbonyl (C=O) groups excluding carboxylic acids is 2. The van der Waals surface area contributed by atoms with E-state index in [9.17, 15) is 9.59 Å². The van der Waals surface area contributed by atoms with Crippen LogP contribution in [-0.2, 0) is 6.54 Å². The molecule has 100 valence electrons. The zero-order chi connectivity index (χ0) is 14.3. The molecule has 0 atom stereocenters. The summed E-state index contributed by atoms with van der Waals surface area (Å²) in [6.07, 6.45) is 0. The fourth-order valence-corrected chi connectivity index (χ4v) is 2.64. The zero-order valence-corrected chi connectivity index (χ0v) is 12.1. The molecule has 2 N–H and O–H groups in total. The first kappa shape index (κ1) is 12.9. The molecule has 1 aliphatic heterocycles. The standard InChI is InChI=1S/C15H11BrN2O2/c16-10-6-5-9(13(17)7-10)8-18-14(19)11-3-1-2-4-12(11)15(18)20/h1-7H,8,17H2. The molecule has 5 heteroatoms. The fraction of sp³-hybridized carbons (Fsp3) is 0.0667. The molecule has 2 aromatic rings. The summed E-state index contributed by atoms with van der Waals surface area (Å²) < 4.78 is 0.862. The molecule has 0 aliphatic carbocycles. The maximum Gasteiger partial charge on any atom is 0.261 e. The molecule has 0 saturated heterocycles. The number of hydrogen-bond donors (Lipinski definition) is 1. The number of nitrogens with two attached hydrogens (primary N) is 1. The Bertz CT molecular complexity index is 693. The molecule has 0 bridgehead atoms. The van der Waals surface area contributed by atoms with Crippen molar-refractivity contribution in [1.82, 2.24) is 4.90 Å². The highest BCUT2D eigenvalue weighted by atomic mass is 79.9. The SMILES string of the molecule is Nc1cc(Br)ccc1CN1C(=O)c2ccccc2C1=O. The third-order valence-electron chi connectivity index (χ3n) is 3.31. The Labute approximate surface area is 124 Å². The molecule has 1 aliphatic rings. The third-order valence-corrected chi connectivity index (χ3v) is 3.81. The summed E-state index contributed by atoms with van der Waals surface area (Å²) in [7, 11) is 0. The fourth-order valence-electron chi connectivity index (χ4n) is 2.26. The number of amides is 2. The van der Waals surface area contributed by atoms with Crippen LogP contribution >= 0.6 is 15.9 Å². The molecule has 0 aromatic heterocycles. The van der Waals surface area contributed by atoms with Gasteiger partial charge in [0.15, 0.2) is 0 Å². The van der Waals surface area contributed by atoms with Crippen LogP contribution in [0.25, 0.3) is 0 Å². The largest absolute Gasteiger partial charge is 0.398 e. The van der Waals surface area contributed by atoms with Gasteiger partial charge in [0, 0.05) is 10.2 Å². The van der Waals surface area contributed by atoms with Crippen molar-refractivity contribution >= 4 is 33.4 Å². The summed E-state index contributed by atoms with van der Waals surface area (Å²) in [5.41, 5.74) is 8.12. The first-order valence-electron chi connectivity index (χ1n) is 6.07. The van der Waals surface area contributed by atoms with E-state index >= 15 is 0 Å². The lowest BCUT2D eigenvalue weighted by atomic mass is 10.1. The van der Waals surface area contributed by atoms with E-state index in [-0.39, 0.29) is 18.4 Å². The number of halogens is 1. The molecule has 2 aromatic carbocycles. The van der Waals surface area contributed by atoms with E-state index in [1.54, 1.807) is 30.3 Å². The predicted molar refractivity (Wildman–Crippen MR) is 79.2 cm³/mol. The predicted octanol–water partition coefficient (Wildman–Crippen LogP) is 2.83. The Morgan fingerprint density at radius 2 is 1.60 bits per heavy atom. The zero-order valence-electron chi connectivity index (χ0n) is 10.5. The van der Waals surface area contributed by atoms with Crippen LogP contribution in [0, 0.1) is 0 Å². The van der Waals surface area contributed by atoms with E-state index < -0.39 is 0 Å². The van der Waals surface area contributed by atoms with Crippen molar-refractivity contribution in [2.24, 2.45) is 0 Å². The van der Waals surface area contributed by atoms with Crippen LogP contribution in [0.3, 0.4) is 0 Å². The van der Waals surface area contributed by atoms with Gasteiger partial charge < -0.3 is 5.73 Å². The summed E-state index contributed by atoms with van der Waals surface area (Å²) in [4.78, 5) is 25.7. The Balaban J connectivity index is 1.94. The van der Waals surface area contributed by atoms with Crippen LogP contribution < -0.4 is 5.73 Å². The lowest BCUT2D eigenvalue weighted by molar-refractivity contribution is 0.0642. The van der Waals surface area contributed by atoms with Gasteiger partial charge in [-0.05, 0) is 29.8 Å². The minimum atomic E-state index is -0.270. The summed E-state index contributed by atoms with van der Waals surface area (Å²) >= 11 is 3.33. The van der Waals surface area contributed by atoms with Crippen molar-refractivity contribution in [2.75, 3.05) is 5.73 Å². The van der Waals surface area contributed by atoms with Crippen molar-refractivity contribution in [1.29, 1.82) is 0 Å². The number of nitrogen functional groups attached to an aromatic ring is 1. The number of rotatable bonds is 2. The molecule has 0 spiro atoms. The minimum absolute atomic E-state index is 0.186. The van der Waals surface area contributed by atoms with E-state index in [0.29, 0.717) is 16.8 Å². The maximum absolute atomic E-state index is 12.2. The Morgan fingerprint density at radius 3 is 2.15 bits per heavy atom. The third kappa shape index (κ3) is 2.00. The number of carbonyl (C=O) groups is 2. The quantitative estimate of drug-likeness (QED) is 0.680. The second-order valence-electron chi connectivity index (χ2n) is 4.59. The van der Waals surface area contributed by atoms with E-state index in [2.05, 4.69) is 15.9 Å². The van der Waals surface area contributed by atoms with Crippen molar-refractivity contribution in [2.45, 2.75) is 6.54 Å². The summed E-state index contributed by atoms with van der Waals surface area (Å²) in [6.45, 7) is 0.186. The van der Waals surface area contributed by atoms with Crippen molar-refractivity contribution in [3.63, 3.8) is 0 Å². The number of fused-ring (bicyclic) bond motifs is 1. The second kappa shape index (κ2) is 4.76. The van der Waals surface area contributed by atoms with Gasteiger partial charge in [-0.15, -0.1) is 0 Å². The molecular formula is C15H11BrN2O2. The highest BCUT2D eigenvalue weighted by Crippen LogP contribution is 2.26. The highest BCUT2D eigenvalue weighted by molar-refractivity contribution is 9.10. The average Bonchev–Trinajstić information content (AvgIpc) is 2.67. The topological polar surface area (TPSA) is 63.4 Å². The van der Waals surface area contributed by atoms with E-state index in [4.69, 9.17) is 5.73 Å². The first-order valence-corrected chi connectivity index (χ1v) is 6.86. The normalized spacial score (nSPS) is 13.8. The van der Waals surface area contributed by atoms with Gasteiger partial charge in [0.2, 0.25) is 0 Å². The summed E-state index contributed by atoms with van der Waals surface area (Å²) in [5.74, 6) is -0.541. The Kier molecular flexibility index (Phi) is 3.06. The molecule has 0 unspecified atom stereocenters. The number of imide groups is 1. The molecular weight excluding hydrogens is 320 g/mol. The van der Waals surface area contributed by atoms with Gasteiger partial charge in [0.25, 0.3) is 11.8 Å². The van der Waals surface area contributed by atoms with Crippen molar-refractivity contribution in [3.05, 3.63) is 63.6 Å². The average molecular weight is 331 g/mol. The van der Waals surface area contributed by atoms with Gasteiger partial charge >= 0.3 is 0 Å². The van der Waals surface area contributed by atoms with Crippen LogP contribution in [0.15, 0.2) is 46.9 Å². The molecule has 3 rings (SSSR count). The lowest BCUT2D eigenvalue weighted by Gasteiger charge is -2.15. The number of anilines is 1. The molecule has 4 nitrogen and oxygen atoms in total. The van der Waals surface area contributed by atoms with Crippen LogP contribution in [0.5, 0.6) is 0 Å². The number of nitrogens with zero attached hydrogens (tertiary/aromatic N) is 1. The molecule has 0 fully saturated rings. The molecule has 2 amide bonds. The molecule has 0 radical (unpaired) electrons. The summed E-state index contributed by atoms with van der Waals surface area (Å²) in [6, 6.07) is 12.2. The van der Waals surface area contributed by atoms with Gasteiger partial charge in [-0.3, -0.25) is 14.5 Å². The Hall–Kier alpha value is -2.14. The van der Waals surface area contributed by atoms with Gasteiger partial charge in [-0.2, -0.15) is 0 Å². The van der Waals surface area contributed by atoms with Crippen LogP contribution in [0.2, 0.25) is 0 Å². The van der Waals surface area contributed by atoms with E-state index in [1.165, 1.54) is 4.90 Å². The molecule has 0 saturated carbocycles. The van der Waals surface area contributed by atoms with Crippen LogP contribution in [0.1, 0.15) is 26.3 Å². The van der Waals surface area contributed by atoms with Crippen molar-refractivity contribution in [3.8, 4) is 0 Å². The molecule has 20 heavy (non-hydrogen) atoms. The first-order chi connectivity index (χ1) is 9.58. The van der Waals surface area contributed by atoms with E-state index in [1.807, 2.05) is 12.1 Å². The molecule has 1 heterocycles. The van der Waals surface area contributed by atoms with Crippen LogP contribution in [0.4, 0.5) is 5.69 Å². The van der Waals surface area contributed by atoms with Gasteiger partial charge in [-0.1, -0.05) is 34.1 Å². The van der Waals surface area contributed by atoms with Crippen molar-refractivity contribution < 1.29 is 9.59 Å². The van der Waals surface area contributed by atoms with Gasteiger partial charge in [0.05, 0.1) is 17.7 Å². The monoisotopic (exact) mass is 330 g/mol. The minimum Gasteiger partial charge on any atom is -0.398 e. The smallest absolute Gasteiger partial charge is 0.261 e. The Morgan fingerprint density at radius 1 is 1.00 bits per heavy atom. The van der Waals surface area contributed by atoms with Gasteiger partial charge in [-0.25, -0.2) is 0 Å².